The number of carbonyl (C=O) groups excluding carboxylic acids is 2. The number of amides is 2. The number of hydrazine groups is 1. The third kappa shape index (κ3) is 5.81. The summed E-state index contributed by atoms with van der Waals surface area (Å²) in [5.41, 5.74) is 9.03. The number of nitrogens with one attached hydrogen (secondary N) is 2. The summed E-state index contributed by atoms with van der Waals surface area (Å²) in [7, 11) is 0. The fourth-order valence-corrected chi connectivity index (χ4v) is 3.29. The SMILES string of the molecule is Cc1ccc(SCC(=O)NNC(=O)COc2c(C)cccc2C)c(C)c1. The molecule has 0 bridgehead atoms. The topological polar surface area (TPSA) is 67.4 Å². The molecule has 2 aromatic carbocycles. The largest absolute Gasteiger partial charge is 0.483 e. The summed E-state index contributed by atoms with van der Waals surface area (Å²) in [5.74, 6) is 0.245. The van der Waals surface area contributed by atoms with E-state index in [0.29, 0.717) is 5.75 Å². The molecule has 2 rings (SSSR count). The number of thioether (sulfide) groups is 1. The summed E-state index contributed by atoms with van der Waals surface area (Å²) in [6.45, 7) is 7.74. The number of carbonyl (C=O) groups is 2. The molecule has 0 aromatic heterocycles. The minimum Gasteiger partial charge on any atom is -0.483 e. The van der Waals surface area contributed by atoms with Gasteiger partial charge in [0, 0.05) is 4.90 Å². The number of para-hydroxylation sites is 1. The Morgan fingerprint density at radius 3 is 2.23 bits per heavy atom. The molecule has 0 unspecified atom stereocenters. The lowest BCUT2D eigenvalue weighted by atomic mass is 10.1. The fourth-order valence-electron chi connectivity index (χ4n) is 2.48. The summed E-state index contributed by atoms with van der Waals surface area (Å²) < 4.78 is 5.55. The van der Waals surface area contributed by atoms with E-state index < -0.39 is 5.91 Å². The molecule has 0 fully saturated rings. The third-order valence-electron chi connectivity index (χ3n) is 3.79. The van der Waals surface area contributed by atoms with Crippen LogP contribution in [0, 0.1) is 27.7 Å². The van der Waals surface area contributed by atoms with Crippen LogP contribution in [0.5, 0.6) is 5.75 Å². The second kappa shape index (κ2) is 9.29. The Hall–Kier alpha value is -2.47. The van der Waals surface area contributed by atoms with Crippen molar-refractivity contribution >= 4 is 23.6 Å². The Morgan fingerprint density at radius 2 is 1.58 bits per heavy atom. The highest BCUT2D eigenvalue weighted by atomic mass is 32.2. The molecule has 0 heterocycles. The maximum atomic E-state index is 11.9. The van der Waals surface area contributed by atoms with Crippen LogP contribution in [0.1, 0.15) is 22.3 Å². The van der Waals surface area contributed by atoms with Crippen LogP contribution in [-0.4, -0.2) is 24.2 Å². The van der Waals surface area contributed by atoms with Crippen molar-refractivity contribution in [2.24, 2.45) is 0 Å². The third-order valence-corrected chi connectivity index (χ3v) is 4.96. The fraction of sp³-hybridized carbons (Fsp3) is 0.300. The lowest BCUT2D eigenvalue weighted by Gasteiger charge is -2.12. The second-order valence-corrected chi connectivity index (χ2v) is 7.18. The second-order valence-electron chi connectivity index (χ2n) is 6.16. The molecule has 0 atom stereocenters. The van der Waals surface area contributed by atoms with Gasteiger partial charge in [0.1, 0.15) is 5.75 Å². The first kappa shape index (κ1) is 19.8. The minimum atomic E-state index is -0.405. The first-order valence-corrected chi connectivity index (χ1v) is 9.32. The van der Waals surface area contributed by atoms with E-state index in [1.54, 1.807) is 0 Å². The van der Waals surface area contributed by atoms with Gasteiger partial charge in [0.05, 0.1) is 5.75 Å². The number of benzene rings is 2. The molecule has 2 aromatic rings. The van der Waals surface area contributed by atoms with Gasteiger partial charge < -0.3 is 4.74 Å². The lowest BCUT2D eigenvalue weighted by Crippen LogP contribution is -2.44. The maximum absolute atomic E-state index is 11.9. The number of ether oxygens (including phenoxy) is 1. The summed E-state index contributed by atoms with van der Waals surface area (Å²) in [4.78, 5) is 24.8. The zero-order valence-corrected chi connectivity index (χ0v) is 16.3. The molecular formula is C20H24N2O3S. The quantitative estimate of drug-likeness (QED) is 0.603. The van der Waals surface area contributed by atoms with Crippen molar-refractivity contribution in [1.29, 1.82) is 0 Å². The van der Waals surface area contributed by atoms with E-state index in [1.807, 2.05) is 58.0 Å². The first-order chi connectivity index (χ1) is 12.4. The van der Waals surface area contributed by atoms with Crippen molar-refractivity contribution in [2.75, 3.05) is 12.4 Å². The van der Waals surface area contributed by atoms with Crippen molar-refractivity contribution in [3.05, 3.63) is 58.7 Å². The number of hydrogen-bond donors (Lipinski definition) is 2. The van der Waals surface area contributed by atoms with Crippen molar-refractivity contribution in [3.63, 3.8) is 0 Å². The van der Waals surface area contributed by atoms with E-state index in [-0.39, 0.29) is 18.3 Å². The van der Waals surface area contributed by atoms with E-state index in [4.69, 9.17) is 4.74 Å². The van der Waals surface area contributed by atoms with Crippen LogP contribution in [0.15, 0.2) is 41.3 Å². The Balaban J connectivity index is 1.74. The van der Waals surface area contributed by atoms with Crippen molar-refractivity contribution < 1.29 is 14.3 Å². The van der Waals surface area contributed by atoms with E-state index in [0.717, 1.165) is 21.6 Å². The maximum Gasteiger partial charge on any atom is 0.276 e. The summed E-state index contributed by atoms with van der Waals surface area (Å²) in [5, 5.41) is 0. The van der Waals surface area contributed by atoms with Crippen molar-refractivity contribution in [2.45, 2.75) is 32.6 Å². The summed E-state index contributed by atoms with van der Waals surface area (Å²) in [6.07, 6.45) is 0. The molecular weight excluding hydrogens is 348 g/mol. The van der Waals surface area contributed by atoms with Crippen LogP contribution < -0.4 is 15.6 Å². The first-order valence-electron chi connectivity index (χ1n) is 8.33. The van der Waals surface area contributed by atoms with E-state index >= 15 is 0 Å². The molecule has 0 radical (unpaired) electrons. The summed E-state index contributed by atoms with van der Waals surface area (Å²) in [6, 6.07) is 11.9. The van der Waals surface area contributed by atoms with Crippen LogP contribution in [-0.2, 0) is 9.59 Å². The number of rotatable bonds is 6. The molecule has 6 heteroatoms. The van der Waals surface area contributed by atoms with E-state index in [1.165, 1.54) is 17.3 Å². The van der Waals surface area contributed by atoms with Gasteiger partial charge in [0.25, 0.3) is 5.91 Å². The van der Waals surface area contributed by atoms with Gasteiger partial charge in [-0.05, 0) is 50.5 Å². The van der Waals surface area contributed by atoms with Gasteiger partial charge in [-0.15, -0.1) is 11.8 Å². The lowest BCUT2D eigenvalue weighted by molar-refractivity contribution is -0.128. The molecule has 0 spiro atoms. The normalized spacial score (nSPS) is 10.3. The highest BCUT2D eigenvalue weighted by Gasteiger charge is 2.09. The molecule has 0 aliphatic carbocycles. The van der Waals surface area contributed by atoms with Crippen molar-refractivity contribution in [3.8, 4) is 5.75 Å². The zero-order valence-electron chi connectivity index (χ0n) is 15.5. The molecule has 0 aliphatic heterocycles. The van der Waals surface area contributed by atoms with Gasteiger partial charge in [0.15, 0.2) is 6.61 Å². The molecule has 2 N–H and O–H groups in total. The van der Waals surface area contributed by atoms with E-state index in [9.17, 15) is 9.59 Å². The van der Waals surface area contributed by atoms with Crippen LogP contribution in [0.25, 0.3) is 0 Å². The number of hydrogen-bond acceptors (Lipinski definition) is 4. The van der Waals surface area contributed by atoms with Gasteiger partial charge in [-0.2, -0.15) is 0 Å². The molecule has 0 saturated heterocycles. The minimum absolute atomic E-state index is 0.157. The van der Waals surface area contributed by atoms with Crippen LogP contribution in [0.3, 0.4) is 0 Å². The van der Waals surface area contributed by atoms with Gasteiger partial charge >= 0.3 is 0 Å². The molecule has 138 valence electrons. The van der Waals surface area contributed by atoms with Gasteiger partial charge in [-0.3, -0.25) is 20.4 Å². The molecule has 0 saturated carbocycles. The predicted molar refractivity (Wildman–Crippen MR) is 104 cm³/mol. The highest BCUT2D eigenvalue weighted by molar-refractivity contribution is 8.00. The van der Waals surface area contributed by atoms with Crippen molar-refractivity contribution in [1.82, 2.24) is 10.9 Å². The van der Waals surface area contributed by atoms with Gasteiger partial charge in [-0.25, -0.2) is 0 Å². The zero-order chi connectivity index (χ0) is 19.1. The van der Waals surface area contributed by atoms with Crippen LogP contribution in [0.4, 0.5) is 0 Å². The summed E-state index contributed by atoms with van der Waals surface area (Å²) >= 11 is 1.44. The van der Waals surface area contributed by atoms with Gasteiger partial charge in [-0.1, -0.05) is 35.9 Å². The van der Waals surface area contributed by atoms with Crippen LogP contribution in [0.2, 0.25) is 0 Å². The monoisotopic (exact) mass is 372 g/mol. The average Bonchev–Trinajstić information content (AvgIpc) is 2.58. The molecule has 0 aliphatic rings. The predicted octanol–water partition coefficient (Wildman–Crippen LogP) is 3.24. The average molecular weight is 372 g/mol. The molecule has 5 nitrogen and oxygen atoms in total. The highest BCUT2D eigenvalue weighted by Crippen LogP contribution is 2.23. The molecule has 26 heavy (non-hydrogen) atoms. The smallest absolute Gasteiger partial charge is 0.276 e. The Bertz CT molecular complexity index is 785. The number of aryl methyl sites for hydroxylation is 4. The Labute approximate surface area is 158 Å². The Kier molecular flexibility index (Phi) is 7.09. The van der Waals surface area contributed by atoms with Gasteiger partial charge in [0.2, 0.25) is 5.91 Å². The molecule has 2 amide bonds. The van der Waals surface area contributed by atoms with E-state index in [2.05, 4.69) is 16.9 Å². The Morgan fingerprint density at radius 1 is 0.923 bits per heavy atom. The van der Waals surface area contributed by atoms with Crippen LogP contribution >= 0.6 is 11.8 Å². The standard InChI is InChI=1S/C20H24N2O3S/c1-13-8-9-17(16(4)10-13)26-12-19(24)22-21-18(23)11-25-20-14(2)6-5-7-15(20)3/h5-10H,11-12H2,1-4H3,(H,21,23)(H,22,24).